The molecule has 0 bridgehead atoms. The van der Waals surface area contributed by atoms with Crippen molar-refractivity contribution in [3.05, 3.63) is 58.6 Å². The summed E-state index contributed by atoms with van der Waals surface area (Å²) in [6, 6.07) is 12.1. The van der Waals surface area contributed by atoms with Crippen LogP contribution in [0.4, 0.5) is 0 Å². The van der Waals surface area contributed by atoms with Crippen molar-refractivity contribution in [3.63, 3.8) is 0 Å². The molecule has 2 unspecified atom stereocenters. The van der Waals surface area contributed by atoms with Gasteiger partial charge in [0.25, 0.3) is 0 Å². The van der Waals surface area contributed by atoms with Crippen LogP contribution in [0, 0.1) is 5.92 Å². The molecule has 1 aliphatic carbocycles. The number of halogens is 1. The highest BCUT2D eigenvalue weighted by molar-refractivity contribution is 6.30. The third-order valence-corrected chi connectivity index (χ3v) is 4.19. The predicted molar refractivity (Wildman–Crippen MR) is 83.9 cm³/mol. The van der Waals surface area contributed by atoms with Gasteiger partial charge in [0.1, 0.15) is 0 Å². The Morgan fingerprint density at radius 3 is 2.55 bits per heavy atom. The fourth-order valence-electron chi connectivity index (χ4n) is 2.55. The zero-order valence-corrected chi connectivity index (χ0v) is 12.5. The molecule has 0 heterocycles. The van der Waals surface area contributed by atoms with Crippen molar-refractivity contribution in [1.29, 1.82) is 0 Å². The van der Waals surface area contributed by atoms with Gasteiger partial charge < -0.3 is 15.5 Å². The van der Waals surface area contributed by atoms with Crippen molar-refractivity contribution in [3.8, 4) is 11.5 Å². The quantitative estimate of drug-likeness (QED) is 0.759. The lowest BCUT2D eigenvalue weighted by Crippen LogP contribution is -2.24. The maximum absolute atomic E-state index is 12.1. The molecule has 0 aliphatic heterocycles. The van der Waals surface area contributed by atoms with Crippen LogP contribution in [-0.2, 0) is 11.3 Å². The van der Waals surface area contributed by atoms with Crippen molar-refractivity contribution in [1.82, 2.24) is 5.32 Å². The number of carbonyl (C=O) groups excluding carboxylic acids is 1. The number of phenols is 2. The van der Waals surface area contributed by atoms with E-state index in [4.69, 9.17) is 11.6 Å². The van der Waals surface area contributed by atoms with Crippen LogP contribution in [0.3, 0.4) is 0 Å². The molecule has 3 N–H and O–H groups in total. The van der Waals surface area contributed by atoms with Crippen LogP contribution in [-0.4, -0.2) is 16.1 Å². The molecule has 0 radical (unpaired) electrons. The largest absolute Gasteiger partial charge is 0.504 e. The third-order valence-electron chi connectivity index (χ3n) is 3.93. The fraction of sp³-hybridized carbons (Fsp3) is 0.235. The van der Waals surface area contributed by atoms with Gasteiger partial charge in [0.05, 0.1) is 0 Å². The Hall–Kier alpha value is -2.20. The second kappa shape index (κ2) is 5.89. The summed E-state index contributed by atoms with van der Waals surface area (Å²) >= 11 is 5.82. The molecule has 22 heavy (non-hydrogen) atoms. The monoisotopic (exact) mass is 317 g/mol. The van der Waals surface area contributed by atoms with Gasteiger partial charge in [-0.25, -0.2) is 0 Å². The van der Waals surface area contributed by atoms with E-state index in [1.807, 2.05) is 12.1 Å². The zero-order chi connectivity index (χ0) is 15.7. The number of hydrogen-bond donors (Lipinski definition) is 3. The number of carbonyl (C=O) groups is 1. The van der Waals surface area contributed by atoms with Crippen LogP contribution in [0.15, 0.2) is 42.5 Å². The summed E-state index contributed by atoms with van der Waals surface area (Å²) < 4.78 is 0. The highest BCUT2D eigenvalue weighted by Crippen LogP contribution is 2.48. The summed E-state index contributed by atoms with van der Waals surface area (Å²) in [6.45, 7) is 0.472. The summed E-state index contributed by atoms with van der Waals surface area (Å²) in [6.07, 6.45) is 0.761. The first-order valence-electron chi connectivity index (χ1n) is 7.08. The first-order valence-corrected chi connectivity index (χ1v) is 7.46. The van der Waals surface area contributed by atoms with Gasteiger partial charge in [-0.15, -0.1) is 0 Å². The SMILES string of the molecule is O=C(NCc1ccc(Cl)cc1)C1CC1c1ccc(O)c(O)c1. The molecular weight excluding hydrogens is 302 g/mol. The molecule has 0 saturated heterocycles. The number of nitrogens with one attached hydrogen (secondary N) is 1. The minimum Gasteiger partial charge on any atom is -0.504 e. The summed E-state index contributed by atoms with van der Waals surface area (Å²) in [7, 11) is 0. The normalized spacial score (nSPS) is 19.7. The first-order chi connectivity index (χ1) is 10.5. The van der Waals surface area contributed by atoms with Crippen LogP contribution in [0.2, 0.25) is 5.02 Å². The van der Waals surface area contributed by atoms with Gasteiger partial charge in [-0.2, -0.15) is 0 Å². The van der Waals surface area contributed by atoms with Gasteiger partial charge in [-0.1, -0.05) is 29.8 Å². The molecule has 1 fully saturated rings. The Kier molecular flexibility index (Phi) is 3.94. The lowest BCUT2D eigenvalue weighted by Gasteiger charge is -2.06. The van der Waals surface area contributed by atoms with Gasteiger partial charge in [0.15, 0.2) is 11.5 Å². The first kappa shape index (κ1) is 14.7. The fourth-order valence-corrected chi connectivity index (χ4v) is 2.67. The van der Waals surface area contributed by atoms with Crippen molar-refractivity contribution < 1.29 is 15.0 Å². The highest BCUT2D eigenvalue weighted by Gasteiger charge is 2.43. The molecular formula is C17H16ClNO3. The number of amides is 1. The molecule has 3 rings (SSSR count). The molecule has 1 aliphatic rings. The Labute approximate surface area is 133 Å². The van der Waals surface area contributed by atoms with E-state index in [9.17, 15) is 15.0 Å². The Morgan fingerprint density at radius 1 is 1.14 bits per heavy atom. The summed E-state index contributed by atoms with van der Waals surface area (Å²) in [5, 5.41) is 22.4. The van der Waals surface area contributed by atoms with Gasteiger partial charge in [0, 0.05) is 17.5 Å². The molecule has 2 aromatic rings. The second-order valence-corrected chi connectivity index (χ2v) is 5.98. The minimum absolute atomic E-state index is 0.00696. The Balaban J connectivity index is 1.56. The van der Waals surface area contributed by atoms with E-state index < -0.39 is 0 Å². The third kappa shape index (κ3) is 3.17. The van der Waals surface area contributed by atoms with Crippen LogP contribution in [0.1, 0.15) is 23.5 Å². The standard InChI is InChI=1S/C17H16ClNO3/c18-12-4-1-10(2-5-12)9-19-17(22)14-8-13(14)11-3-6-15(20)16(21)7-11/h1-7,13-14,20-21H,8-9H2,(H,19,22). The zero-order valence-electron chi connectivity index (χ0n) is 11.8. The molecule has 1 amide bonds. The molecule has 1 saturated carbocycles. The maximum atomic E-state index is 12.1. The lowest BCUT2D eigenvalue weighted by molar-refractivity contribution is -0.122. The number of rotatable bonds is 4. The van der Waals surface area contributed by atoms with E-state index in [0.717, 1.165) is 17.5 Å². The highest BCUT2D eigenvalue weighted by atomic mass is 35.5. The molecule has 2 aromatic carbocycles. The Bertz CT molecular complexity index is 700. The summed E-state index contributed by atoms with van der Waals surface area (Å²) in [4.78, 5) is 12.1. The van der Waals surface area contributed by atoms with Gasteiger partial charge in [0.2, 0.25) is 5.91 Å². The van der Waals surface area contributed by atoms with Gasteiger partial charge >= 0.3 is 0 Å². The van der Waals surface area contributed by atoms with E-state index >= 15 is 0 Å². The summed E-state index contributed by atoms with van der Waals surface area (Å²) in [5.41, 5.74) is 1.87. The molecule has 0 spiro atoms. The maximum Gasteiger partial charge on any atom is 0.224 e. The molecule has 0 aromatic heterocycles. The Morgan fingerprint density at radius 2 is 1.86 bits per heavy atom. The van der Waals surface area contributed by atoms with Gasteiger partial charge in [-0.05, 0) is 47.7 Å². The molecule has 5 heteroatoms. The predicted octanol–water partition coefficient (Wildman–Crippen LogP) is 3.17. The minimum atomic E-state index is -0.148. The van der Waals surface area contributed by atoms with Crippen molar-refractivity contribution in [2.75, 3.05) is 0 Å². The van der Waals surface area contributed by atoms with Crippen molar-refractivity contribution in [2.24, 2.45) is 5.92 Å². The van der Waals surface area contributed by atoms with Crippen molar-refractivity contribution in [2.45, 2.75) is 18.9 Å². The van der Waals surface area contributed by atoms with Crippen LogP contribution in [0.25, 0.3) is 0 Å². The van der Waals surface area contributed by atoms with E-state index in [-0.39, 0.29) is 29.2 Å². The van der Waals surface area contributed by atoms with Crippen molar-refractivity contribution >= 4 is 17.5 Å². The van der Waals surface area contributed by atoms with E-state index in [2.05, 4.69) is 5.32 Å². The van der Waals surface area contributed by atoms with E-state index in [1.165, 1.54) is 12.1 Å². The van der Waals surface area contributed by atoms with Gasteiger partial charge in [-0.3, -0.25) is 4.79 Å². The summed E-state index contributed by atoms with van der Waals surface area (Å²) in [5.74, 6) is -0.252. The smallest absolute Gasteiger partial charge is 0.224 e. The number of hydrogen-bond acceptors (Lipinski definition) is 3. The number of benzene rings is 2. The van der Waals surface area contributed by atoms with E-state index in [1.54, 1.807) is 18.2 Å². The topological polar surface area (TPSA) is 69.6 Å². The average molecular weight is 318 g/mol. The number of phenolic OH excluding ortho intramolecular Hbond substituents is 2. The van der Waals surface area contributed by atoms with Crippen LogP contribution >= 0.6 is 11.6 Å². The van der Waals surface area contributed by atoms with E-state index in [0.29, 0.717) is 11.6 Å². The molecule has 4 nitrogen and oxygen atoms in total. The molecule has 2 atom stereocenters. The second-order valence-electron chi connectivity index (χ2n) is 5.54. The van der Waals surface area contributed by atoms with Crippen LogP contribution < -0.4 is 5.32 Å². The number of aromatic hydroxyl groups is 2. The lowest BCUT2D eigenvalue weighted by atomic mass is 10.1. The average Bonchev–Trinajstić information content (AvgIpc) is 3.30. The van der Waals surface area contributed by atoms with Crippen LogP contribution in [0.5, 0.6) is 11.5 Å². The molecule has 114 valence electrons.